The highest BCUT2D eigenvalue weighted by Crippen LogP contribution is 2.34. The van der Waals surface area contributed by atoms with E-state index in [1.54, 1.807) is 12.1 Å². The van der Waals surface area contributed by atoms with Crippen molar-refractivity contribution in [2.45, 2.75) is 0 Å². The van der Waals surface area contributed by atoms with Crippen LogP contribution in [0.3, 0.4) is 0 Å². The van der Waals surface area contributed by atoms with Crippen molar-refractivity contribution in [3.63, 3.8) is 0 Å². The SMILES string of the molecule is CN(C)CCN1C(=O)c2cccc3cc(N=Nc4ccc(N(C)C)cc4)cc(c23)C1=O. The van der Waals surface area contributed by atoms with Crippen LogP contribution in [0.25, 0.3) is 10.8 Å². The van der Waals surface area contributed by atoms with Gasteiger partial charge in [0.25, 0.3) is 11.8 Å². The molecule has 1 aliphatic rings. The first-order valence-electron chi connectivity index (χ1n) is 10.1. The fraction of sp³-hybridized carbons (Fsp3) is 0.250. The lowest BCUT2D eigenvalue weighted by atomic mass is 9.93. The molecule has 0 aliphatic carbocycles. The van der Waals surface area contributed by atoms with Gasteiger partial charge in [0.05, 0.1) is 16.9 Å². The van der Waals surface area contributed by atoms with Crippen LogP contribution in [0.4, 0.5) is 17.1 Å². The fourth-order valence-electron chi connectivity index (χ4n) is 3.64. The van der Waals surface area contributed by atoms with Crippen LogP contribution in [0.2, 0.25) is 0 Å². The number of likely N-dealkylation sites (N-methyl/N-ethyl adjacent to an activating group) is 1. The Bertz CT molecular complexity index is 1180. The number of carbonyl (C=O) groups is 2. The predicted octanol–water partition coefficient (Wildman–Crippen LogP) is 4.48. The maximum absolute atomic E-state index is 13.2. The molecule has 1 aliphatic heterocycles. The number of imide groups is 1. The minimum absolute atomic E-state index is 0.250. The standard InChI is InChI=1S/C24H25N5O2/c1-27(2)12-13-29-23(30)20-7-5-6-16-14-18(15-21(22(16)20)24(29)31)26-25-17-8-10-19(11-9-17)28(3)4/h5-11,14-15H,12-13H2,1-4H3. The van der Waals surface area contributed by atoms with Crippen molar-refractivity contribution in [3.8, 4) is 0 Å². The van der Waals surface area contributed by atoms with Gasteiger partial charge < -0.3 is 9.80 Å². The molecule has 0 unspecified atom stereocenters. The summed E-state index contributed by atoms with van der Waals surface area (Å²) in [5, 5.41) is 10.2. The fourth-order valence-corrected chi connectivity index (χ4v) is 3.64. The number of hydrogen-bond acceptors (Lipinski definition) is 6. The van der Waals surface area contributed by atoms with Crippen LogP contribution in [0.15, 0.2) is 64.8 Å². The molecular formula is C24H25N5O2. The summed E-state index contributed by atoms with van der Waals surface area (Å²) in [7, 11) is 7.79. The Balaban J connectivity index is 1.71. The maximum atomic E-state index is 13.2. The van der Waals surface area contributed by atoms with Gasteiger partial charge >= 0.3 is 0 Å². The summed E-state index contributed by atoms with van der Waals surface area (Å²) < 4.78 is 0. The molecule has 0 fully saturated rings. The molecule has 0 saturated heterocycles. The summed E-state index contributed by atoms with van der Waals surface area (Å²) >= 11 is 0. The third kappa shape index (κ3) is 4.04. The van der Waals surface area contributed by atoms with E-state index >= 15 is 0 Å². The Labute approximate surface area is 181 Å². The number of rotatable bonds is 6. The van der Waals surface area contributed by atoms with Gasteiger partial charge in [-0.2, -0.15) is 10.2 Å². The molecule has 158 valence electrons. The van der Waals surface area contributed by atoms with Gasteiger partial charge in [0.2, 0.25) is 0 Å². The zero-order valence-electron chi connectivity index (χ0n) is 18.2. The Morgan fingerprint density at radius 1 is 0.806 bits per heavy atom. The quantitative estimate of drug-likeness (QED) is 0.440. The summed E-state index contributed by atoms with van der Waals surface area (Å²) in [5.74, 6) is -0.539. The molecule has 0 N–H and O–H groups in total. The summed E-state index contributed by atoms with van der Waals surface area (Å²) in [5.41, 5.74) is 3.42. The molecule has 4 rings (SSSR count). The van der Waals surface area contributed by atoms with E-state index < -0.39 is 0 Å². The first-order valence-corrected chi connectivity index (χ1v) is 10.1. The molecule has 0 aromatic heterocycles. The predicted molar refractivity (Wildman–Crippen MR) is 123 cm³/mol. The Kier molecular flexibility index (Phi) is 5.52. The summed E-state index contributed by atoms with van der Waals surface area (Å²) in [6.45, 7) is 0.940. The van der Waals surface area contributed by atoms with Crippen molar-refractivity contribution in [1.82, 2.24) is 9.80 Å². The lowest BCUT2D eigenvalue weighted by Gasteiger charge is -2.28. The van der Waals surface area contributed by atoms with Crippen molar-refractivity contribution in [3.05, 3.63) is 65.7 Å². The Hall–Kier alpha value is -3.58. The van der Waals surface area contributed by atoms with Gasteiger partial charge in [-0.3, -0.25) is 14.5 Å². The van der Waals surface area contributed by atoms with Crippen molar-refractivity contribution in [2.24, 2.45) is 10.2 Å². The average Bonchev–Trinajstić information content (AvgIpc) is 2.75. The van der Waals surface area contributed by atoms with E-state index in [0.717, 1.165) is 16.8 Å². The van der Waals surface area contributed by atoms with E-state index in [2.05, 4.69) is 10.2 Å². The minimum Gasteiger partial charge on any atom is -0.378 e. The second kappa shape index (κ2) is 8.28. The van der Waals surface area contributed by atoms with E-state index in [1.807, 2.05) is 80.5 Å². The number of azo groups is 1. The van der Waals surface area contributed by atoms with E-state index in [1.165, 1.54) is 4.90 Å². The van der Waals surface area contributed by atoms with Gasteiger partial charge in [-0.15, -0.1) is 0 Å². The highest BCUT2D eigenvalue weighted by Gasteiger charge is 2.32. The molecular weight excluding hydrogens is 390 g/mol. The third-order valence-electron chi connectivity index (χ3n) is 5.33. The molecule has 7 nitrogen and oxygen atoms in total. The van der Waals surface area contributed by atoms with E-state index in [4.69, 9.17) is 0 Å². The topological polar surface area (TPSA) is 68.6 Å². The second-order valence-corrected chi connectivity index (χ2v) is 8.07. The molecule has 2 amide bonds. The number of anilines is 1. The monoisotopic (exact) mass is 415 g/mol. The second-order valence-electron chi connectivity index (χ2n) is 8.07. The smallest absolute Gasteiger partial charge is 0.261 e. The van der Waals surface area contributed by atoms with Gasteiger partial charge in [-0.25, -0.2) is 0 Å². The molecule has 31 heavy (non-hydrogen) atoms. The van der Waals surface area contributed by atoms with Gasteiger partial charge in [-0.1, -0.05) is 12.1 Å². The number of carbonyl (C=O) groups excluding carboxylic acids is 2. The van der Waals surface area contributed by atoms with Crippen molar-refractivity contribution in [2.75, 3.05) is 46.2 Å². The van der Waals surface area contributed by atoms with Crippen LogP contribution in [0.5, 0.6) is 0 Å². The van der Waals surface area contributed by atoms with E-state index in [9.17, 15) is 9.59 Å². The minimum atomic E-state index is -0.289. The number of nitrogens with zero attached hydrogens (tertiary/aromatic N) is 5. The van der Waals surface area contributed by atoms with E-state index in [0.29, 0.717) is 35.3 Å². The van der Waals surface area contributed by atoms with Crippen LogP contribution in [0.1, 0.15) is 20.7 Å². The molecule has 0 atom stereocenters. The highest BCUT2D eigenvalue weighted by atomic mass is 16.2. The average molecular weight is 415 g/mol. The van der Waals surface area contributed by atoms with Crippen LogP contribution >= 0.6 is 0 Å². The van der Waals surface area contributed by atoms with Gasteiger partial charge in [0.15, 0.2) is 0 Å². The van der Waals surface area contributed by atoms with Gasteiger partial charge in [-0.05, 0) is 61.9 Å². The molecule has 0 bridgehead atoms. The highest BCUT2D eigenvalue weighted by molar-refractivity contribution is 6.25. The number of benzene rings is 3. The summed E-state index contributed by atoms with van der Waals surface area (Å²) in [4.78, 5) is 31.4. The van der Waals surface area contributed by atoms with Crippen LogP contribution in [0, 0.1) is 0 Å². The Morgan fingerprint density at radius 3 is 2.16 bits per heavy atom. The maximum Gasteiger partial charge on any atom is 0.261 e. The van der Waals surface area contributed by atoms with Crippen molar-refractivity contribution >= 4 is 39.6 Å². The zero-order valence-corrected chi connectivity index (χ0v) is 18.2. The molecule has 3 aromatic carbocycles. The largest absolute Gasteiger partial charge is 0.378 e. The molecule has 3 aromatic rings. The number of hydrogen-bond donors (Lipinski definition) is 0. The molecule has 0 saturated carbocycles. The molecule has 0 spiro atoms. The van der Waals surface area contributed by atoms with Crippen LogP contribution < -0.4 is 4.90 Å². The van der Waals surface area contributed by atoms with E-state index in [-0.39, 0.29) is 11.8 Å². The number of amides is 2. The zero-order chi connectivity index (χ0) is 22.1. The molecule has 7 heteroatoms. The lowest BCUT2D eigenvalue weighted by Crippen LogP contribution is -2.43. The first kappa shape index (κ1) is 20.7. The van der Waals surface area contributed by atoms with Crippen LogP contribution in [-0.4, -0.2) is 62.9 Å². The van der Waals surface area contributed by atoms with Crippen molar-refractivity contribution < 1.29 is 9.59 Å². The van der Waals surface area contributed by atoms with Crippen LogP contribution in [-0.2, 0) is 0 Å². The molecule has 1 heterocycles. The Morgan fingerprint density at radius 2 is 1.48 bits per heavy atom. The summed E-state index contributed by atoms with van der Waals surface area (Å²) in [6, 6.07) is 16.8. The normalized spacial score (nSPS) is 13.6. The third-order valence-corrected chi connectivity index (χ3v) is 5.33. The molecule has 0 radical (unpaired) electrons. The van der Waals surface area contributed by atoms with Gasteiger partial charge in [0, 0.05) is 43.8 Å². The lowest BCUT2D eigenvalue weighted by molar-refractivity contribution is 0.0601. The van der Waals surface area contributed by atoms with Gasteiger partial charge in [0.1, 0.15) is 0 Å². The summed E-state index contributed by atoms with van der Waals surface area (Å²) in [6.07, 6.45) is 0. The van der Waals surface area contributed by atoms with Crippen molar-refractivity contribution in [1.29, 1.82) is 0 Å². The first-order chi connectivity index (χ1) is 14.8.